The maximum Gasteiger partial charge on any atom is 2.00 e. The van der Waals surface area contributed by atoms with Gasteiger partial charge in [-0.1, -0.05) is 0 Å². The van der Waals surface area contributed by atoms with Crippen LogP contribution in [0.5, 0.6) is 5.06 Å². The van der Waals surface area contributed by atoms with Crippen molar-refractivity contribution >= 4 is 62.8 Å². The zero-order valence-corrected chi connectivity index (χ0v) is 9.96. The maximum absolute atomic E-state index is 10.3. The van der Waals surface area contributed by atoms with Crippen molar-refractivity contribution in [2.75, 3.05) is 0 Å². The fourth-order valence-corrected chi connectivity index (χ4v) is 1.08. The number of hydrogen-bond donors (Lipinski definition) is 0. The minimum absolute atomic E-state index is 0. The van der Waals surface area contributed by atoms with Crippen molar-refractivity contribution in [2.24, 2.45) is 0 Å². The van der Waals surface area contributed by atoms with Crippen molar-refractivity contribution in [1.82, 2.24) is 0 Å². The smallest absolute Gasteiger partial charge is 1.00 e. The summed E-state index contributed by atoms with van der Waals surface area (Å²) in [6, 6.07) is 3.59. The van der Waals surface area contributed by atoms with Gasteiger partial charge in [-0.05, 0) is 17.5 Å². The van der Waals surface area contributed by atoms with Crippen LogP contribution in [-0.4, -0.2) is 51.5 Å². The summed E-state index contributed by atoms with van der Waals surface area (Å²) in [6.45, 7) is 1.39. The molecule has 4 heteroatoms. The first-order chi connectivity index (χ1) is 4.29. The van der Waals surface area contributed by atoms with E-state index in [4.69, 9.17) is 4.74 Å². The quantitative estimate of drug-likeness (QED) is 0.541. The molecule has 1 rings (SSSR count). The first-order valence-electron chi connectivity index (χ1n) is 2.51. The third-order valence-corrected chi connectivity index (χ3v) is 1.48. The molecule has 52 valence electrons. The summed E-state index contributed by atoms with van der Waals surface area (Å²) in [5.41, 5.74) is 0. The Bertz CT molecular complexity index is 203. The molecule has 1 heterocycles. The first kappa shape index (κ1) is 10.7. The molecule has 0 aliphatic carbocycles. The van der Waals surface area contributed by atoms with Crippen LogP contribution in [0.25, 0.3) is 0 Å². The Morgan fingerprint density at radius 3 is 2.90 bits per heavy atom. The van der Waals surface area contributed by atoms with Gasteiger partial charge >= 0.3 is 51.5 Å². The van der Waals surface area contributed by atoms with Gasteiger partial charge in [0.2, 0.25) is 0 Å². The predicted molar refractivity (Wildman–Crippen MR) is 43.6 cm³/mol. The molecule has 0 amide bonds. The molecule has 2 nitrogen and oxygen atoms in total. The molecule has 0 saturated carbocycles. The van der Waals surface area contributed by atoms with Gasteiger partial charge in [-0.3, -0.25) is 4.79 Å². The number of carbonyl (C=O) groups is 1. The maximum atomic E-state index is 10.3. The van der Waals surface area contributed by atoms with E-state index in [0.717, 1.165) is 0 Å². The van der Waals surface area contributed by atoms with E-state index in [-0.39, 0.29) is 54.3 Å². The van der Waals surface area contributed by atoms with Gasteiger partial charge in [0.05, 0.1) is 0 Å². The Kier molecular flexibility index (Phi) is 5.67. The molecule has 10 heavy (non-hydrogen) atoms. The second kappa shape index (κ2) is 5.32. The Balaban J connectivity index is -0.000000270. The largest absolute Gasteiger partial charge is 2.00 e. The van der Waals surface area contributed by atoms with E-state index in [0.29, 0.717) is 5.06 Å². The van der Waals surface area contributed by atoms with Gasteiger partial charge in [0.1, 0.15) is 0 Å². The Morgan fingerprint density at radius 2 is 2.50 bits per heavy atom. The van der Waals surface area contributed by atoms with Crippen LogP contribution < -0.4 is 4.74 Å². The number of hydrogen-bond acceptors (Lipinski definition) is 3. The van der Waals surface area contributed by atoms with E-state index in [1.165, 1.54) is 18.3 Å². The van der Waals surface area contributed by atoms with Crippen molar-refractivity contribution in [3.63, 3.8) is 0 Å². The van der Waals surface area contributed by atoms with Crippen LogP contribution >= 0.6 is 11.3 Å². The molecule has 0 N–H and O–H groups in total. The predicted octanol–water partition coefficient (Wildman–Crippen LogP) is 1.52. The number of carbonyl (C=O) groups excluding carboxylic acids is 1. The third kappa shape index (κ3) is 3.73. The van der Waals surface area contributed by atoms with Crippen molar-refractivity contribution < 1.29 is 12.4 Å². The van der Waals surface area contributed by atoms with Crippen LogP contribution in [0.2, 0.25) is 0 Å². The molecule has 0 aromatic carbocycles. The van der Waals surface area contributed by atoms with E-state index in [1.54, 1.807) is 6.07 Å². The summed E-state index contributed by atoms with van der Waals surface area (Å²) < 4.78 is 4.73. The second-order valence-electron chi connectivity index (χ2n) is 1.53. The average Bonchev–Trinajstić information content (AvgIpc) is 2.15. The van der Waals surface area contributed by atoms with Crippen LogP contribution in [0, 0.1) is 0 Å². The number of thiophene rings is 1. The molecule has 1 aromatic heterocycles. The van der Waals surface area contributed by atoms with Crippen LogP contribution in [0.4, 0.5) is 0 Å². The molecule has 1 aromatic rings. The molecule has 0 spiro atoms. The molecular formula is C6H8O2SSr. The van der Waals surface area contributed by atoms with E-state index in [1.807, 2.05) is 11.4 Å². The molecule has 0 unspecified atom stereocenters. The van der Waals surface area contributed by atoms with Crippen LogP contribution in [-0.2, 0) is 4.79 Å². The van der Waals surface area contributed by atoms with Crippen molar-refractivity contribution in [1.29, 1.82) is 0 Å². The first-order valence-corrected chi connectivity index (χ1v) is 3.39. The summed E-state index contributed by atoms with van der Waals surface area (Å²) in [4.78, 5) is 10.3. The number of ether oxygens (including phenoxy) is 1. The molecule has 0 bridgehead atoms. The van der Waals surface area contributed by atoms with Gasteiger partial charge in [-0.2, -0.15) is 0 Å². The SMILES string of the molecule is CC(=O)Oc1cccs1.[H-].[H-].[Sr+2]. The normalized spacial score (nSPS) is 8.10. The standard InChI is InChI=1S/C6H6O2S.Sr.2H/c1-5(7)8-6-3-2-4-9-6;;;/h2-4H,1H3;;;/q;+2;2*-1. The zero-order valence-electron chi connectivity index (χ0n) is 7.66. The van der Waals surface area contributed by atoms with E-state index in [9.17, 15) is 4.79 Å². The van der Waals surface area contributed by atoms with Gasteiger partial charge in [-0.15, -0.1) is 11.3 Å². The number of rotatable bonds is 1. The molecular weight excluding hydrogens is 224 g/mol. The Morgan fingerprint density at radius 1 is 1.80 bits per heavy atom. The summed E-state index contributed by atoms with van der Waals surface area (Å²) in [5, 5.41) is 2.51. The average molecular weight is 232 g/mol. The number of esters is 1. The molecule has 0 aliphatic rings. The third-order valence-electron chi connectivity index (χ3n) is 0.739. The monoisotopic (exact) mass is 232 g/mol. The van der Waals surface area contributed by atoms with Crippen LogP contribution in [0.1, 0.15) is 9.78 Å². The van der Waals surface area contributed by atoms with E-state index in [2.05, 4.69) is 0 Å². The zero-order chi connectivity index (χ0) is 6.69. The van der Waals surface area contributed by atoms with Crippen LogP contribution in [0.3, 0.4) is 0 Å². The van der Waals surface area contributed by atoms with Gasteiger partial charge < -0.3 is 7.59 Å². The minimum atomic E-state index is -0.266. The van der Waals surface area contributed by atoms with Crippen molar-refractivity contribution in [3.05, 3.63) is 17.5 Å². The molecule has 0 atom stereocenters. The van der Waals surface area contributed by atoms with Crippen molar-refractivity contribution in [2.45, 2.75) is 6.92 Å². The van der Waals surface area contributed by atoms with Crippen LogP contribution in [0.15, 0.2) is 17.5 Å². The van der Waals surface area contributed by atoms with Gasteiger partial charge in [0.15, 0.2) is 5.06 Å². The van der Waals surface area contributed by atoms with Crippen molar-refractivity contribution in [3.8, 4) is 5.06 Å². The second-order valence-corrected chi connectivity index (χ2v) is 2.44. The van der Waals surface area contributed by atoms with E-state index >= 15 is 0 Å². The molecule has 0 fully saturated rings. The van der Waals surface area contributed by atoms with Gasteiger partial charge in [0, 0.05) is 6.92 Å². The van der Waals surface area contributed by atoms with E-state index < -0.39 is 0 Å². The molecule has 0 saturated heterocycles. The summed E-state index contributed by atoms with van der Waals surface area (Å²) >= 11 is 1.41. The fraction of sp³-hybridized carbons (Fsp3) is 0.167. The minimum Gasteiger partial charge on any atom is -1.00 e. The Labute approximate surface area is 103 Å². The molecule has 0 radical (unpaired) electrons. The van der Waals surface area contributed by atoms with Gasteiger partial charge in [0.25, 0.3) is 0 Å². The Hall–Kier alpha value is 0.651. The fourth-order valence-electron chi connectivity index (χ4n) is 0.463. The summed E-state index contributed by atoms with van der Waals surface area (Å²) in [5.74, 6) is -0.266. The summed E-state index contributed by atoms with van der Waals surface area (Å²) in [7, 11) is 0. The molecule has 0 aliphatic heterocycles. The summed E-state index contributed by atoms with van der Waals surface area (Å²) in [6.07, 6.45) is 0. The topological polar surface area (TPSA) is 26.3 Å². The van der Waals surface area contributed by atoms with Gasteiger partial charge in [-0.25, -0.2) is 0 Å².